The number of aliphatic hydroxyl groups excluding tert-OH is 1. The van der Waals surface area contributed by atoms with Crippen LogP contribution in [0.5, 0.6) is 11.5 Å². The summed E-state index contributed by atoms with van der Waals surface area (Å²) in [5.74, 6) is 2.06. The Kier molecular flexibility index (Phi) is 5.88. The first-order valence-electron chi connectivity index (χ1n) is 7.84. The molecule has 4 heteroatoms. The van der Waals surface area contributed by atoms with Crippen LogP contribution in [0, 0.1) is 5.92 Å². The zero-order chi connectivity index (χ0) is 15.2. The van der Waals surface area contributed by atoms with Gasteiger partial charge in [0.15, 0.2) is 11.5 Å². The number of benzene rings is 1. The normalized spacial score (nSPS) is 18.5. The molecule has 1 unspecified atom stereocenters. The molecule has 0 radical (unpaired) electrons. The van der Waals surface area contributed by atoms with E-state index in [9.17, 15) is 5.11 Å². The molecule has 1 fully saturated rings. The van der Waals surface area contributed by atoms with E-state index in [0.29, 0.717) is 12.5 Å². The maximum atomic E-state index is 9.66. The van der Waals surface area contributed by atoms with Crippen molar-refractivity contribution in [3.8, 4) is 11.5 Å². The molecule has 0 aliphatic carbocycles. The Morgan fingerprint density at radius 2 is 2.00 bits per heavy atom. The van der Waals surface area contributed by atoms with Crippen molar-refractivity contribution in [3.63, 3.8) is 0 Å². The quantitative estimate of drug-likeness (QED) is 0.875. The highest BCUT2D eigenvalue weighted by molar-refractivity contribution is 5.42. The Hall–Kier alpha value is -1.26. The summed E-state index contributed by atoms with van der Waals surface area (Å²) in [6.45, 7) is 7.54. The Morgan fingerprint density at radius 3 is 2.57 bits per heavy atom. The highest BCUT2D eigenvalue weighted by Gasteiger charge is 2.22. The lowest BCUT2D eigenvalue weighted by Gasteiger charge is -2.33. The molecule has 1 aromatic carbocycles. The molecule has 1 atom stereocenters. The highest BCUT2D eigenvalue weighted by Crippen LogP contribution is 2.29. The van der Waals surface area contributed by atoms with Crippen LogP contribution in [0.15, 0.2) is 18.2 Å². The van der Waals surface area contributed by atoms with Crippen molar-refractivity contribution in [3.05, 3.63) is 23.8 Å². The van der Waals surface area contributed by atoms with Crippen molar-refractivity contribution in [2.45, 2.75) is 39.3 Å². The second-order valence-corrected chi connectivity index (χ2v) is 5.77. The molecule has 4 nitrogen and oxygen atoms in total. The molecular weight excluding hydrogens is 266 g/mol. The molecule has 0 bridgehead atoms. The summed E-state index contributed by atoms with van der Waals surface area (Å²) in [4.78, 5) is 2.44. The van der Waals surface area contributed by atoms with Gasteiger partial charge in [0, 0.05) is 6.54 Å². The van der Waals surface area contributed by atoms with Gasteiger partial charge < -0.3 is 14.6 Å². The Morgan fingerprint density at radius 1 is 1.29 bits per heavy atom. The van der Waals surface area contributed by atoms with Crippen LogP contribution in [-0.4, -0.2) is 42.9 Å². The molecule has 1 aliphatic heterocycles. The average Bonchev–Trinajstić information content (AvgIpc) is 2.48. The van der Waals surface area contributed by atoms with E-state index in [1.165, 1.54) is 5.56 Å². The van der Waals surface area contributed by atoms with Crippen molar-refractivity contribution in [2.75, 3.05) is 26.8 Å². The van der Waals surface area contributed by atoms with Gasteiger partial charge in [0.05, 0.1) is 19.8 Å². The van der Waals surface area contributed by atoms with Gasteiger partial charge in [0.2, 0.25) is 0 Å². The molecule has 0 amide bonds. The lowest BCUT2D eigenvalue weighted by molar-refractivity contribution is 0.0695. The number of aliphatic hydroxyl groups is 1. The summed E-state index contributed by atoms with van der Waals surface area (Å²) in [6, 6.07) is 6.15. The average molecular weight is 293 g/mol. The summed E-state index contributed by atoms with van der Waals surface area (Å²) < 4.78 is 10.9. The zero-order valence-electron chi connectivity index (χ0n) is 13.3. The standard InChI is InChI=1S/C17H27NO3/c1-4-21-17-11-14(5-6-16(17)20-3)12-18-9-7-15(8-10-18)13(2)19/h5-6,11,13,15,19H,4,7-10,12H2,1-3H3. The van der Waals surface area contributed by atoms with Crippen molar-refractivity contribution < 1.29 is 14.6 Å². The van der Waals surface area contributed by atoms with Crippen LogP contribution >= 0.6 is 0 Å². The topological polar surface area (TPSA) is 41.9 Å². The second-order valence-electron chi connectivity index (χ2n) is 5.77. The summed E-state index contributed by atoms with van der Waals surface area (Å²) in [6.07, 6.45) is 1.97. The van der Waals surface area contributed by atoms with Crippen LogP contribution in [0.4, 0.5) is 0 Å². The van der Waals surface area contributed by atoms with E-state index in [0.717, 1.165) is 44.0 Å². The number of nitrogens with zero attached hydrogens (tertiary/aromatic N) is 1. The second kappa shape index (κ2) is 7.66. The first-order valence-corrected chi connectivity index (χ1v) is 7.84. The van der Waals surface area contributed by atoms with E-state index in [-0.39, 0.29) is 6.10 Å². The van der Waals surface area contributed by atoms with Crippen LogP contribution in [0.2, 0.25) is 0 Å². The molecule has 1 N–H and O–H groups in total. The SMILES string of the molecule is CCOc1cc(CN2CCC(C(C)O)CC2)ccc1OC. The fourth-order valence-electron chi connectivity index (χ4n) is 2.94. The molecule has 1 saturated heterocycles. The molecule has 1 aromatic rings. The van der Waals surface area contributed by atoms with Crippen molar-refractivity contribution in [1.82, 2.24) is 4.90 Å². The van der Waals surface area contributed by atoms with Crippen molar-refractivity contribution >= 4 is 0 Å². The summed E-state index contributed by atoms with van der Waals surface area (Å²) in [5, 5.41) is 9.66. The lowest BCUT2D eigenvalue weighted by Crippen LogP contribution is -2.36. The Bertz CT molecular complexity index is 440. The first-order chi connectivity index (χ1) is 10.1. The van der Waals surface area contributed by atoms with E-state index < -0.39 is 0 Å². The van der Waals surface area contributed by atoms with Crippen molar-refractivity contribution in [1.29, 1.82) is 0 Å². The van der Waals surface area contributed by atoms with Crippen LogP contribution in [0.3, 0.4) is 0 Å². The predicted octanol–water partition coefficient (Wildman–Crippen LogP) is 2.69. The van der Waals surface area contributed by atoms with Gasteiger partial charge in [-0.3, -0.25) is 4.90 Å². The minimum absolute atomic E-state index is 0.183. The van der Waals surface area contributed by atoms with Crippen LogP contribution < -0.4 is 9.47 Å². The van der Waals surface area contributed by atoms with Crippen LogP contribution in [0.25, 0.3) is 0 Å². The zero-order valence-corrected chi connectivity index (χ0v) is 13.3. The van der Waals surface area contributed by atoms with Gasteiger partial charge >= 0.3 is 0 Å². The summed E-state index contributed by atoms with van der Waals surface area (Å²) >= 11 is 0. The van der Waals surface area contributed by atoms with Crippen LogP contribution in [0.1, 0.15) is 32.3 Å². The minimum Gasteiger partial charge on any atom is -0.493 e. The maximum absolute atomic E-state index is 9.66. The molecule has 2 rings (SSSR count). The van der Waals surface area contributed by atoms with E-state index in [1.807, 2.05) is 19.9 Å². The molecule has 21 heavy (non-hydrogen) atoms. The highest BCUT2D eigenvalue weighted by atomic mass is 16.5. The number of methoxy groups -OCH3 is 1. The smallest absolute Gasteiger partial charge is 0.161 e. The first kappa shape index (κ1) is 16.1. The summed E-state index contributed by atoms with van der Waals surface area (Å²) in [7, 11) is 1.67. The van der Waals surface area contributed by atoms with E-state index >= 15 is 0 Å². The lowest BCUT2D eigenvalue weighted by atomic mass is 9.92. The molecule has 118 valence electrons. The van der Waals surface area contributed by atoms with E-state index in [4.69, 9.17) is 9.47 Å². The van der Waals surface area contributed by atoms with Gasteiger partial charge in [-0.05, 0) is 63.4 Å². The molecule has 1 heterocycles. The van der Waals surface area contributed by atoms with E-state index in [1.54, 1.807) is 7.11 Å². The van der Waals surface area contributed by atoms with Gasteiger partial charge in [-0.1, -0.05) is 6.07 Å². The molecule has 0 aromatic heterocycles. The number of likely N-dealkylation sites (tertiary alicyclic amines) is 1. The fourth-order valence-corrected chi connectivity index (χ4v) is 2.94. The number of piperidine rings is 1. The third-order valence-corrected chi connectivity index (χ3v) is 4.25. The summed E-state index contributed by atoms with van der Waals surface area (Å²) in [5.41, 5.74) is 1.25. The van der Waals surface area contributed by atoms with Gasteiger partial charge in [-0.2, -0.15) is 0 Å². The molecule has 0 spiro atoms. The minimum atomic E-state index is -0.183. The molecule has 0 saturated carbocycles. The van der Waals surface area contributed by atoms with Gasteiger partial charge in [0.1, 0.15) is 0 Å². The number of hydrogen-bond donors (Lipinski definition) is 1. The molecule has 1 aliphatic rings. The van der Waals surface area contributed by atoms with Gasteiger partial charge in [0.25, 0.3) is 0 Å². The largest absolute Gasteiger partial charge is 0.493 e. The van der Waals surface area contributed by atoms with E-state index in [2.05, 4.69) is 17.0 Å². The molecular formula is C17H27NO3. The number of hydrogen-bond acceptors (Lipinski definition) is 4. The predicted molar refractivity (Wildman–Crippen MR) is 83.8 cm³/mol. The number of ether oxygens (including phenoxy) is 2. The van der Waals surface area contributed by atoms with Gasteiger partial charge in [-0.15, -0.1) is 0 Å². The Balaban J connectivity index is 1.95. The van der Waals surface area contributed by atoms with Gasteiger partial charge in [-0.25, -0.2) is 0 Å². The monoisotopic (exact) mass is 293 g/mol. The maximum Gasteiger partial charge on any atom is 0.161 e. The fraction of sp³-hybridized carbons (Fsp3) is 0.647. The third kappa shape index (κ3) is 4.35. The number of rotatable bonds is 6. The van der Waals surface area contributed by atoms with Crippen LogP contribution in [-0.2, 0) is 6.54 Å². The third-order valence-electron chi connectivity index (χ3n) is 4.25. The van der Waals surface area contributed by atoms with Crippen molar-refractivity contribution in [2.24, 2.45) is 5.92 Å². The Labute approximate surface area is 127 Å².